The van der Waals surface area contributed by atoms with Crippen LogP contribution in [0.3, 0.4) is 0 Å². The molecule has 70 heavy (non-hydrogen) atoms. The van der Waals surface area contributed by atoms with Crippen LogP contribution in [0.2, 0.25) is 0 Å². The lowest BCUT2D eigenvalue weighted by atomic mass is 10.0. The maximum absolute atomic E-state index is 10.2. The molecule has 0 spiro atoms. The molecule has 0 N–H and O–H groups in total. The van der Waals surface area contributed by atoms with Crippen molar-refractivity contribution in [2.45, 2.75) is 137 Å². The largest absolute Gasteiger partial charge is 0.272 e. The van der Waals surface area contributed by atoms with E-state index in [9.17, 15) is 10.1 Å². The van der Waals surface area contributed by atoms with Crippen molar-refractivity contribution in [1.29, 1.82) is 0 Å². The fourth-order valence-electron chi connectivity index (χ4n) is 5.42. The second-order valence-corrected chi connectivity index (χ2v) is 15.5. The van der Waals surface area contributed by atoms with E-state index in [0.29, 0.717) is 5.56 Å². The molecule has 0 bridgehead atoms. The van der Waals surface area contributed by atoms with Crippen LogP contribution in [0, 0.1) is 57.6 Å². The summed E-state index contributed by atoms with van der Waals surface area (Å²) in [4.78, 5) is 9.85. The summed E-state index contributed by atoms with van der Waals surface area (Å²) in [7, 11) is 0. The van der Waals surface area contributed by atoms with Crippen molar-refractivity contribution in [2.24, 2.45) is 5.92 Å². The molecule has 0 saturated heterocycles. The van der Waals surface area contributed by atoms with E-state index in [1.807, 2.05) is 85.7 Å². The minimum Gasteiger partial charge on any atom is -0.258 e. The topological polar surface area (TPSA) is 43.1 Å². The van der Waals surface area contributed by atoms with E-state index in [4.69, 9.17) is 0 Å². The summed E-state index contributed by atoms with van der Waals surface area (Å²) in [6.07, 6.45) is 2.45. The zero-order valence-electron chi connectivity index (χ0n) is 46.9. The molecule has 0 aliphatic carbocycles. The van der Waals surface area contributed by atoms with E-state index in [0.717, 1.165) is 12.3 Å². The van der Waals surface area contributed by atoms with Crippen molar-refractivity contribution in [2.75, 3.05) is 0 Å². The standard InChI is InChI=1S/C13H12.C11H10.2C8H10.C7H7NO2.C7H8.C5H12.4C2H6/c1-11-7-9-13(10-8-11)12-5-3-2-4-6-12;1-9-5-4-7-10-6-2-3-8-11(9)10;1-7-3-5-8(2)6-4-7;1-2-8-6-4-3-5-7-8;1-6-4-2-3-5-7(6)8(9)10;1-7-5-3-2-4-6-7;1-4-5(2)3;4*1-2/h2-10H,1H3;2-8H,1H3;3-6H,1-2H3;3-7H,2H2,1H3;2-5H,1H3;2-6H,1H3;5H,4H2,1-3H3;4*1-2H3. The van der Waals surface area contributed by atoms with Crippen LogP contribution in [0.25, 0.3) is 21.9 Å². The Morgan fingerprint density at radius 3 is 1.07 bits per heavy atom. The molecule has 3 nitrogen and oxygen atoms in total. The van der Waals surface area contributed by atoms with Gasteiger partial charge < -0.3 is 0 Å². The number of fused-ring (bicyclic) bond motifs is 1. The highest BCUT2D eigenvalue weighted by Gasteiger charge is 2.06. The second kappa shape index (κ2) is 46.2. The molecule has 0 saturated carbocycles. The first-order valence-electron chi connectivity index (χ1n) is 25.7. The first-order valence-corrected chi connectivity index (χ1v) is 25.7. The molecule has 0 heterocycles. The Hall–Kier alpha value is -6.58. The number of para-hydroxylation sites is 1. The van der Waals surface area contributed by atoms with Crippen LogP contribution in [0.4, 0.5) is 5.69 Å². The third-order valence-corrected chi connectivity index (χ3v) is 9.70. The van der Waals surface area contributed by atoms with Gasteiger partial charge in [0.1, 0.15) is 0 Å². The maximum Gasteiger partial charge on any atom is 0.272 e. The van der Waals surface area contributed by atoms with Gasteiger partial charge in [0.2, 0.25) is 0 Å². The summed E-state index contributed by atoms with van der Waals surface area (Å²) in [6, 6.07) is 69.7. The number of nitro benzene ring substituents is 1. The third kappa shape index (κ3) is 33.8. The summed E-state index contributed by atoms with van der Waals surface area (Å²) in [5.74, 6) is 0.884. The van der Waals surface area contributed by atoms with Crippen LogP contribution in [0.5, 0.6) is 0 Å². The Morgan fingerprint density at radius 2 is 0.714 bits per heavy atom. The van der Waals surface area contributed by atoms with Gasteiger partial charge in [-0.2, -0.15) is 0 Å². The lowest BCUT2D eigenvalue weighted by molar-refractivity contribution is -0.385. The lowest BCUT2D eigenvalue weighted by Crippen LogP contribution is -1.89. The number of nitro groups is 1. The van der Waals surface area contributed by atoms with E-state index >= 15 is 0 Å². The number of aryl methyl sites for hydroxylation is 7. The molecule has 8 aromatic rings. The number of hydrogen-bond donors (Lipinski definition) is 0. The first-order chi connectivity index (χ1) is 33.8. The van der Waals surface area contributed by atoms with Crippen LogP contribution >= 0.6 is 0 Å². The van der Waals surface area contributed by atoms with Crippen molar-refractivity contribution in [1.82, 2.24) is 0 Å². The van der Waals surface area contributed by atoms with Gasteiger partial charge in [-0.05, 0) is 86.9 Å². The number of rotatable bonds is 4. The van der Waals surface area contributed by atoms with E-state index in [1.165, 1.54) is 67.8 Å². The average molecular weight is 944 g/mol. The minimum atomic E-state index is -0.380. The molecular formula is C67H93NO2. The SMILES string of the molecule is CC.CC.CC.CC.CCC(C)C.CCc1ccccc1.Cc1ccc(-c2ccccc2)cc1.Cc1ccc(C)cc1.Cc1cccc2ccccc12.Cc1ccccc1.Cc1ccccc1[N+](=O)[O-]. The molecule has 0 atom stereocenters. The zero-order chi connectivity index (χ0) is 53.5. The van der Waals surface area contributed by atoms with Crippen molar-refractivity contribution >= 4 is 16.5 Å². The summed E-state index contributed by atoms with van der Waals surface area (Å²) in [5.41, 5.74) is 11.5. The van der Waals surface area contributed by atoms with Crippen LogP contribution in [0.15, 0.2) is 206 Å². The van der Waals surface area contributed by atoms with E-state index in [2.05, 4.69) is 214 Å². The molecule has 0 radical (unpaired) electrons. The van der Waals surface area contributed by atoms with Crippen LogP contribution < -0.4 is 0 Å². The fraction of sp³-hybridized carbons (Fsp3) is 0.313. The summed E-state index contributed by atoms with van der Waals surface area (Å²) in [6.45, 7) is 37.0. The predicted molar refractivity (Wildman–Crippen MR) is 317 cm³/mol. The molecular weight excluding hydrogens is 851 g/mol. The van der Waals surface area contributed by atoms with Gasteiger partial charge in [-0.25, -0.2) is 0 Å². The maximum atomic E-state index is 10.2. The van der Waals surface area contributed by atoms with Gasteiger partial charge >= 0.3 is 0 Å². The third-order valence-electron chi connectivity index (χ3n) is 9.70. The Bertz CT molecular complexity index is 2330. The van der Waals surface area contributed by atoms with Crippen molar-refractivity contribution < 1.29 is 4.92 Å². The van der Waals surface area contributed by atoms with E-state index < -0.39 is 0 Å². The van der Waals surface area contributed by atoms with Gasteiger partial charge in [0.25, 0.3) is 5.69 Å². The molecule has 378 valence electrons. The average Bonchev–Trinajstić information content (AvgIpc) is 3.42. The van der Waals surface area contributed by atoms with Crippen LogP contribution in [0.1, 0.15) is 128 Å². The lowest BCUT2D eigenvalue weighted by Gasteiger charge is -2.00. The van der Waals surface area contributed by atoms with Crippen LogP contribution in [-0.4, -0.2) is 4.92 Å². The molecule has 8 rings (SSSR count). The molecule has 0 aliphatic heterocycles. The Kier molecular flexibility index (Phi) is 44.6. The first kappa shape index (κ1) is 67.7. The van der Waals surface area contributed by atoms with Gasteiger partial charge in [-0.1, -0.05) is 312 Å². The number of hydrogen-bond acceptors (Lipinski definition) is 2. The monoisotopic (exact) mass is 944 g/mol. The molecule has 0 aromatic heterocycles. The molecule has 8 aromatic carbocycles. The van der Waals surface area contributed by atoms with Gasteiger partial charge in [0.15, 0.2) is 0 Å². The minimum absolute atomic E-state index is 0.183. The van der Waals surface area contributed by atoms with Gasteiger partial charge in [-0.3, -0.25) is 10.1 Å². The molecule has 0 fully saturated rings. The summed E-state index contributed by atoms with van der Waals surface area (Å²) >= 11 is 0. The molecule has 3 heteroatoms. The zero-order valence-corrected chi connectivity index (χ0v) is 46.9. The Morgan fingerprint density at radius 1 is 0.386 bits per heavy atom. The highest BCUT2D eigenvalue weighted by Crippen LogP contribution is 2.19. The van der Waals surface area contributed by atoms with Crippen molar-refractivity contribution in [3.63, 3.8) is 0 Å². The Labute approximate surface area is 429 Å². The number of benzene rings is 8. The summed E-state index contributed by atoms with van der Waals surface area (Å²) < 4.78 is 0. The van der Waals surface area contributed by atoms with Crippen molar-refractivity contribution in [3.05, 3.63) is 255 Å². The fourth-order valence-corrected chi connectivity index (χ4v) is 5.42. The highest BCUT2D eigenvalue weighted by molar-refractivity contribution is 5.85. The molecule has 0 aliphatic rings. The van der Waals surface area contributed by atoms with E-state index in [-0.39, 0.29) is 10.6 Å². The highest BCUT2D eigenvalue weighted by atomic mass is 16.6. The summed E-state index contributed by atoms with van der Waals surface area (Å²) in [5, 5.41) is 12.9. The molecule has 0 unspecified atom stereocenters. The number of nitrogens with zero attached hydrogens (tertiary/aromatic N) is 1. The normalized spacial score (nSPS) is 8.79. The van der Waals surface area contributed by atoms with Gasteiger partial charge in [0.05, 0.1) is 4.92 Å². The second-order valence-electron chi connectivity index (χ2n) is 15.5. The van der Waals surface area contributed by atoms with Crippen LogP contribution in [-0.2, 0) is 6.42 Å². The quantitative estimate of drug-likeness (QED) is 0.130. The van der Waals surface area contributed by atoms with Crippen molar-refractivity contribution in [3.8, 4) is 11.1 Å². The molecule has 0 amide bonds. The van der Waals surface area contributed by atoms with Gasteiger partial charge in [0, 0.05) is 11.6 Å². The predicted octanol–water partition coefficient (Wildman–Crippen LogP) is 21.4. The van der Waals surface area contributed by atoms with Gasteiger partial charge in [-0.15, -0.1) is 0 Å². The smallest absolute Gasteiger partial charge is 0.258 e. The Balaban J connectivity index is -0.000000740. The van der Waals surface area contributed by atoms with E-state index in [1.54, 1.807) is 25.1 Å².